The van der Waals surface area contributed by atoms with Crippen molar-refractivity contribution in [1.82, 2.24) is 10.6 Å². The topological polar surface area (TPSA) is 145 Å². The van der Waals surface area contributed by atoms with Gasteiger partial charge in [0.25, 0.3) is 0 Å². The van der Waals surface area contributed by atoms with Gasteiger partial charge in [-0.3, -0.25) is 0 Å². The molecule has 2 amide bonds. The largest absolute Gasteiger partial charge is 0.444 e. The number of ether oxygens (including phenoxy) is 2. The quantitative estimate of drug-likeness (QED) is 0.343. The molecule has 0 bridgehead atoms. The Balaban J connectivity index is 1.46. The summed E-state index contributed by atoms with van der Waals surface area (Å²) in [5, 5.41) is 3.65. The number of halogens is 2. The first-order valence-electron chi connectivity index (χ1n) is 9.55. The molecule has 14 heteroatoms. The van der Waals surface area contributed by atoms with Gasteiger partial charge in [-0.25, -0.2) is 26.4 Å². The number of hydrogen-bond acceptors (Lipinski definition) is 8. The van der Waals surface area contributed by atoms with Gasteiger partial charge in [-0.15, -0.1) is 23.2 Å². The van der Waals surface area contributed by atoms with Crippen molar-refractivity contribution in [3.05, 3.63) is 0 Å². The Morgan fingerprint density at radius 2 is 1.07 bits per heavy atom. The summed E-state index contributed by atoms with van der Waals surface area (Å²) in [6, 6.07) is 0. The Morgan fingerprint density at radius 3 is 1.37 bits per heavy atom. The second-order valence-electron chi connectivity index (χ2n) is 7.34. The Labute approximate surface area is 186 Å². The van der Waals surface area contributed by atoms with Crippen LogP contribution in [0.3, 0.4) is 0 Å². The number of hydrogen-bond donors (Lipinski definition) is 2. The molecule has 0 aromatic rings. The van der Waals surface area contributed by atoms with Gasteiger partial charge < -0.3 is 20.1 Å². The summed E-state index contributed by atoms with van der Waals surface area (Å²) in [6.45, 7) is 0.738. The lowest BCUT2D eigenvalue weighted by Crippen LogP contribution is -2.33. The molecule has 10 nitrogen and oxygen atoms in total. The van der Waals surface area contributed by atoms with Crippen molar-refractivity contribution in [2.24, 2.45) is 0 Å². The molecule has 0 saturated carbocycles. The van der Waals surface area contributed by atoms with E-state index in [1.165, 1.54) is 0 Å². The van der Waals surface area contributed by atoms with Crippen LogP contribution in [-0.4, -0.2) is 88.1 Å². The molecule has 0 unspecified atom stereocenters. The maximum absolute atomic E-state index is 11.7. The summed E-state index contributed by atoms with van der Waals surface area (Å²) < 4.78 is 55.8. The molecular weight excluding hydrogens is 483 g/mol. The van der Waals surface area contributed by atoms with Gasteiger partial charge in [-0.2, -0.15) is 0 Å². The number of alkyl carbamates (subject to hydrolysis) is 2. The van der Waals surface area contributed by atoms with E-state index in [1.54, 1.807) is 0 Å². The Bertz CT molecular complexity index is 753. The summed E-state index contributed by atoms with van der Waals surface area (Å²) in [4.78, 5) is 23.4. The number of nitrogens with one attached hydrogen (secondary N) is 2. The third-order valence-corrected chi connectivity index (χ3v) is 9.27. The van der Waals surface area contributed by atoms with E-state index in [-0.39, 0.29) is 23.0 Å². The summed E-state index contributed by atoms with van der Waals surface area (Å²) in [5.41, 5.74) is 0. The summed E-state index contributed by atoms with van der Waals surface area (Å²) in [7, 11) is -6.52. The Hall–Kier alpha value is -0.980. The average molecular weight is 509 g/mol. The number of carbonyl (C=O) groups excluding carboxylic acids is 2. The van der Waals surface area contributed by atoms with Crippen molar-refractivity contribution in [3.8, 4) is 0 Å². The van der Waals surface area contributed by atoms with Crippen LogP contribution >= 0.6 is 23.2 Å². The standard InChI is InChI=1S/C16H26Cl2N2O8S2/c17-11-7-29(23,24)9-13(11)27-15(21)19-5-3-1-2-4-6-20-16(22)28-14-10-30(25,26)8-12(14)18/h11-14H,1-10H2,(H,19,21)(H,20,22)/t11-,12+,13-,14+. The minimum Gasteiger partial charge on any atom is -0.444 e. The zero-order chi connectivity index (χ0) is 22.4. The van der Waals surface area contributed by atoms with Crippen molar-refractivity contribution in [2.75, 3.05) is 36.1 Å². The molecule has 0 aromatic heterocycles. The molecule has 2 rings (SSSR count). The number of carbonyl (C=O) groups is 2. The van der Waals surface area contributed by atoms with E-state index in [1.807, 2.05) is 0 Å². The first-order chi connectivity index (χ1) is 14.0. The molecule has 0 aliphatic carbocycles. The molecule has 2 aliphatic rings. The normalized spacial score (nSPS) is 29.3. The fraction of sp³-hybridized carbons (Fsp3) is 0.875. The number of amides is 2. The number of sulfone groups is 2. The molecule has 2 saturated heterocycles. The van der Waals surface area contributed by atoms with Gasteiger partial charge in [0.05, 0.1) is 33.8 Å². The molecule has 2 heterocycles. The highest BCUT2D eigenvalue weighted by Crippen LogP contribution is 2.21. The van der Waals surface area contributed by atoms with Crippen LogP contribution in [0.4, 0.5) is 9.59 Å². The Kier molecular flexibility index (Phi) is 9.32. The lowest BCUT2D eigenvalue weighted by molar-refractivity contribution is 0.110. The van der Waals surface area contributed by atoms with Gasteiger partial charge in [0.2, 0.25) is 0 Å². The predicted molar refractivity (Wildman–Crippen MR) is 112 cm³/mol. The van der Waals surface area contributed by atoms with Crippen LogP contribution in [0, 0.1) is 0 Å². The van der Waals surface area contributed by atoms with Crippen LogP contribution < -0.4 is 10.6 Å². The maximum atomic E-state index is 11.7. The molecule has 30 heavy (non-hydrogen) atoms. The molecule has 0 aromatic carbocycles. The minimum absolute atomic E-state index is 0.194. The van der Waals surface area contributed by atoms with Crippen LogP contribution in [0.15, 0.2) is 0 Å². The zero-order valence-electron chi connectivity index (χ0n) is 16.2. The van der Waals surface area contributed by atoms with E-state index >= 15 is 0 Å². The first kappa shape index (κ1) is 25.3. The van der Waals surface area contributed by atoms with Gasteiger partial charge in [0.15, 0.2) is 19.7 Å². The molecule has 2 N–H and O–H groups in total. The van der Waals surface area contributed by atoms with Gasteiger partial charge in [-0.05, 0) is 12.8 Å². The highest BCUT2D eigenvalue weighted by atomic mass is 35.5. The second kappa shape index (κ2) is 11.1. The van der Waals surface area contributed by atoms with Crippen molar-refractivity contribution >= 4 is 55.1 Å². The van der Waals surface area contributed by atoms with Crippen molar-refractivity contribution in [2.45, 2.75) is 48.6 Å². The van der Waals surface area contributed by atoms with Gasteiger partial charge in [-0.1, -0.05) is 12.8 Å². The fourth-order valence-electron chi connectivity index (χ4n) is 3.10. The third-order valence-electron chi connectivity index (χ3n) is 4.63. The third kappa shape index (κ3) is 8.64. The predicted octanol–water partition coefficient (Wildman–Crippen LogP) is 0.808. The number of unbranched alkanes of at least 4 members (excludes halogenated alkanes) is 3. The monoisotopic (exact) mass is 508 g/mol. The maximum Gasteiger partial charge on any atom is 0.407 e. The number of rotatable bonds is 9. The second-order valence-corrected chi connectivity index (χ2v) is 12.8. The van der Waals surface area contributed by atoms with Crippen LogP contribution in [0.25, 0.3) is 0 Å². The van der Waals surface area contributed by atoms with E-state index in [4.69, 9.17) is 32.7 Å². The van der Waals surface area contributed by atoms with E-state index in [0.717, 1.165) is 12.8 Å². The van der Waals surface area contributed by atoms with E-state index in [0.29, 0.717) is 25.9 Å². The summed E-state index contributed by atoms with van der Waals surface area (Å²) in [5.74, 6) is -0.904. The van der Waals surface area contributed by atoms with Crippen LogP contribution in [0.1, 0.15) is 25.7 Å². The molecule has 0 radical (unpaired) electrons. The van der Waals surface area contributed by atoms with Crippen LogP contribution in [0.2, 0.25) is 0 Å². The molecule has 0 spiro atoms. The molecular formula is C16H26Cl2N2O8S2. The van der Waals surface area contributed by atoms with Gasteiger partial charge in [0.1, 0.15) is 12.2 Å². The van der Waals surface area contributed by atoms with E-state index in [2.05, 4.69) is 10.6 Å². The highest BCUT2D eigenvalue weighted by Gasteiger charge is 2.40. The highest BCUT2D eigenvalue weighted by molar-refractivity contribution is 7.92. The smallest absolute Gasteiger partial charge is 0.407 e. The van der Waals surface area contributed by atoms with E-state index in [9.17, 15) is 26.4 Å². The molecule has 2 aliphatic heterocycles. The molecule has 2 fully saturated rings. The zero-order valence-corrected chi connectivity index (χ0v) is 19.4. The van der Waals surface area contributed by atoms with Crippen molar-refractivity contribution in [3.63, 3.8) is 0 Å². The Morgan fingerprint density at radius 1 is 0.700 bits per heavy atom. The van der Waals surface area contributed by atoms with Crippen molar-refractivity contribution < 1.29 is 35.9 Å². The van der Waals surface area contributed by atoms with Crippen LogP contribution in [0.5, 0.6) is 0 Å². The fourth-order valence-corrected chi connectivity index (χ4v) is 8.02. The molecule has 4 atom stereocenters. The van der Waals surface area contributed by atoms with Gasteiger partial charge >= 0.3 is 12.2 Å². The minimum atomic E-state index is -3.26. The summed E-state index contributed by atoms with van der Waals surface area (Å²) in [6.07, 6.45) is -0.115. The van der Waals surface area contributed by atoms with Crippen LogP contribution in [-0.2, 0) is 29.1 Å². The SMILES string of the molecule is O=C(NCCCCCCNC(=O)O[C@@H]1CS(=O)(=O)C[C@H]1Cl)O[C@H]1CS(=O)(=O)C[C@@H]1Cl. The lowest BCUT2D eigenvalue weighted by atomic mass is 10.2. The average Bonchev–Trinajstić information content (AvgIpc) is 3.02. The number of alkyl halides is 2. The lowest BCUT2D eigenvalue weighted by Gasteiger charge is -2.14. The van der Waals surface area contributed by atoms with Gasteiger partial charge in [0, 0.05) is 13.1 Å². The summed E-state index contributed by atoms with van der Waals surface area (Å²) >= 11 is 11.7. The molecule has 174 valence electrons. The van der Waals surface area contributed by atoms with Crippen molar-refractivity contribution in [1.29, 1.82) is 0 Å². The van der Waals surface area contributed by atoms with E-state index < -0.39 is 54.8 Å². The first-order valence-corrected chi connectivity index (χ1v) is 14.1.